The Morgan fingerprint density at radius 2 is 1.94 bits per heavy atom. The van der Waals surface area contributed by atoms with E-state index in [1.54, 1.807) is 0 Å². The first-order chi connectivity index (χ1) is 15.1. The molecule has 1 aromatic carbocycles. The van der Waals surface area contributed by atoms with Crippen molar-refractivity contribution in [2.45, 2.75) is 38.9 Å². The van der Waals surface area contributed by atoms with Crippen LogP contribution in [0.5, 0.6) is 0 Å². The molecule has 0 unspecified atom stereocenters. The fraction of sp³-hybridized carbons (Fsp3) is 0.440. The van der Waals surface area contributed by atoms with Crippen LogP contribution in [0.15, 0.2) is 47.3 Å². The van der Waals surface area contributed by atoms with Gasteiger partial charge in [0, 0.05) is 42.9 Å². The summed E-state index contributed by atoms with van der Waals surface area (Å²) in [5.41, 5.74) is 2.50. The van der Waals surface area contributed by atoms with Gasteiger partial charge in [-0.05, 0) is 43.7 Å². The highest BCUT2D eigenvalue weighted by Crippen LogP contribution is 2.48. The normalized spacial score (nSPS) is 25.0. The van der Waals surface area contributed by atoms with Crippen molar-refractivity contribution in [2.24, 2.45) is 11.8 Å². The maximum Gasteiger partial charge on any atom is 0.258 e. The van der Waals surface area contributed by atoms with Gasteiger partial charge in [-0.25, -0.2) is 0 Å². The summed E-state index contributed by atoms with van der Waals surface area (Å²) in [6.45, 7) is 5.85. The molecule has 2 aliphatic heterocycles. The minimum Gasteiger partial charge on any atom is -0.396 e. The van der Waals surface area contributed by atoms with Gasteiger partial charge in [0.25, 0.3) is 5.56 Å². The lowest BCUT2D eigenvalue weighted by Gasteiger charge is -2.38. The Hall–Kier alpha value is -2.70. The van der Waals surface area contributed by atoms with Crippen LogP contribution in [-0.2, 0) is 11.3 Å². The maximum absolute atomic E-state index is 13.3. The summed E-state index contributed by atoms with van der Waals surface area (Å²) in [6, 6.07) is 13.5. The molecule has 2 bridgehead atoms. The van der Waals surface area contributed by atoms with Crippen LogP contribution in [0.3, 0.4) is 0 Å². The van der Waals surface area contributed by atoms with Crippen LogP contribution in [0.25, 0.3) is 12.2 Å². The van der Waals surface area contributed by atoms with Crippen molar-refractivity contribution in [3.05, 3.63) is 69.6 Å². The quantitative estimate of drug-likeness (QED) is 0.721. The highest BCUT2D eigenvalue weighted by atomic mass is 16.3. The molecule has 2 N–H and O–H groups in total. The van der Waals surface area contributed by atoms with E-state index in [-0.39, 0.29) is 42.0 Å². The van der Waals surface area contributed by atoms with E-state index < -0.39 is 0 Å². The molecule has 3 heterocycles. The number of nitrogens with one attached hydrogen (secondary N) is 1. The summed E-state index contributed by atoms with van der Waals surface area (Å²) in [7, 11) is 0. The second-order valence-electron chi connectivity index (χ2n) is 8.39. The van der Waals surface area contributed by atoms with E-state index in [9.17, 15) is 14.7 Å². The number of hydrogen-bond donors (Lipinski definition) is 2. The monoisotopic (exact) mass is 421 g/mol. The molecule has 6 heteroatoms. The first-order valence-electron chi connectivity index (χ1n) is 11.2. The number of benzene rings is 1. The minimum absolute atomic E-state index is 0.0268. The molecule has 0 saturated carbocycles. The van der Waals surface area contributed by atoms with Crippen molar-refractivity contribution in [2.75, 3.05) is 19.7 Å². The third kappa shape index (κ3) is 3.86. The van der Waals surface area contributed by atoms with Crippen LogP contribution in [0.2, 0.25) is 0 Å². The molecule has 0 spiro atoms. The summed E-state index contributed by atoms with van der Waals surface area (Å²) in [6.07, 6.45) is 4.75. The molecule has 1 aromatic heterocycles. The van der Waals surface area contributed by atoms with Gasteiger partial charge in [-0.2, -0.15) is 0 Å². The van der Waals surface area contributed by atoms with E-state index in [2.05, 4.69) is 17.1 Å². The zero-order valence-corrected chi connectivity index (χ0v) is 18.2. The number of pyridine rings is 1. The summed E-state index contributed by atoms with van der Waals surface area (Å²) < 4.78 is 1.83. The number of carbonyl (C=O) groups excluding carboxylic acids is 1. The van der Waals surface area contributed by atoms with Crippen molar-refractivity contribution in [3.8, 4) is 0 Å². The van der Waals surface area contributed by atoms with Gasteiger partial charge in [-0.3, -0.25) is 14.5 Å². The second kappa shape index (κ2) is 9.20. The Bertz CT molecular complexity index is 1010. The number of amides is 1. The number of carbonyl (C=O) groups is 1. The van der Waals surface area contributed by atoms with Gasteiger partial charge in [0.2, 0.25) is 5.91 Å². The lowest BCUT2D eigenvalue weighted by molar-refractivity contribution is -0.127. The van der Waals surface area contributed by atoms with E-state index in [1.165, 1.54) is 0 Å². The van der Waals surface area contributed by atoms with Crippen LogP contribution in [-0.4, -0.2) is 46.2 Å². The van der Waals surface area contributed by atoms with Crippen LogP contribution in [0, 0.1) is 11.8 Å². The smallest absolute Gasteiger partial charge is 0.258 e. The molecule has 0 aliphatic carbocycles. The number of aliphatic hydroxyl groups is 1. The topological polar surface area (TPSA) is 74.6 Å². The van der Waals surface area contributed by atoms with Crippen LogP contribution in [0.4, 0.5) is 0 Å². The Balaban J connectivity index is 1.75. The Morgan fingerprint density at radius 3 is 2.61 bits per heavy atom. The SMILES string of the molecule is CCCN1[C@@H]2Cn3c(ccc(/C=C\c4ccccc4)c3=O)[C@H]1[C@@H](C(=O)NCC)[C@@H]2CO. The first-order valence-corrected chi connectivity index (χ1v) is 11.2. The molecule has 1 fully saturated rings. The number of aromatic nitrogens is 1. The number of nitrogens with zero attached hydrogens (tertiary/aromatic N) is 2. The third-order valence-corrected chi connectivity index (χ3v) is 6.59. The average molecular weight is 422 g/mol. The largest absolute Gasteiger partial charge is 0.396 e. The van der Waals surface area contributed by atoms with Gasteiger partial charge < -0.3 is 15.0 Å². The van der Waals surface area contributed by atoms with Crippen molar-refractivity contribution >= 4 is 18.1 Å². The highest BCUT2D eigenvalue weighted by Gasteiger charge is 2.55. The first kappa shape index (κ1) is 21.5. The maximum atomic E-state index is 13.3. The summed E-state index contributed by atoms with van der Waals surface area (Å²) in [4.78, 5) is 28.7. The predicted octanol–water partition coefficient (Wildman–Crippen LogP) is 2.53. The Kier molecular flexibility index (Phi) is 6.39. The van der Waals surface area contributed by atoms with Gasteiger partial charge >= 0.3 is 0 Å². The van der Waals surface area contributed by atoms with Crippen molar-refractivity contribution in [3.63, 3.8) is 0 Å². The number of rotatable bonds is 7. The lowest BCUT2D eigenvalue weighted by Crippen LogP contribution is -2.47. The average Bonchev–Trinajstić information content (AvgIpc) is 2.99. The van der Waals surface area contributed by atoms with Gasteiger partial charge in [0.05, 0.1) is 12.0 Å². The lowest BCUT2D eigenvalue weighted by atomic mass is 9.86. The molecule has 1 saturated heterocycles. The van der Waals surface area contributed by atoms with Gasteiger partial charge in [-0.15, -0.1) is 0 Å². The molecule has 6 nitrogen and oxygen atoms in total. The zero-order chi connectivity index (χ0) is 22.0. The molecule has 31 heavy (non-hydrogen) atoms. The van der Waals surface area contributed by atoms with E-state index >= 15 is 0 Å². The Morgan fingerprint density at radius 1 is 1.16 bits per heavy atom. The van der Waals surface area contributed by atoms with Crippen LogP contribution in [0.1, 0.15) is 43.1 Å². The molecule has 2 aromatic rings. The molecule has 0 radical (unpaired) electrons. The van der Waals surface area contributed by atoms with Crippen LogP contribution >= 0.6 is 0 Å². The van der Waals surface area contributed by atoms with Crippen LogP contribution < -0.4 is 10.9 Å². The van der Waals surface area contributed by atoms with Gasteiger partial charge in [-0.1, -0.05) is 43.3 Å². The number of fused-ring (bicyclic) bond motifs is 4. The van der Waals surface area contributed by atoms with Crippen molar-refractivity contribution in [1.82, 2.24) is 14.8 Å². The minimum atomic E-state index is -0.361. The van der Waals surface area contributed by atoms with Gasteiger partial charge in [0.15, 0.2) is 0 Å². The zero-order valence-electron chi connectivity index (χ0n) is 18.2. The molecule has 4 rings (SSSR count). The van der Waals surface area contributed by atoms with Crippen molar-refractivity contribution in [1.29, 1.82) is 0 Å². The van der Waals surface area contributed by atoms with Gasteiger partial charge in [0.1, 0.15) is 0 Å². The molecular weight excluding hydrogens is 390 g/mol. The van der Waals surface area contributed by atoms with E-state index in [4.69, 9.17) is 0 Å². The summed E-state index contributed by atoms with van der Waals surface area (Å²) in [5.74, 6) is -0.588. The third-order valence-electron chi connectivity index (χ3n) is 6.59. The highest BCUT2D eigenvalue weighted by molar-refractivity contribution is 5.80. The standard InChI is InChI=1S/C25H31N3O3/c1-3-14-27-21-15-28-20(23(27)22(19(21)16-29)24(30)26-4-2)13-12-18(25(28)31)11-10-17-8-6-5-7-9-17/h5-13,19,21-23,29H,3-4,14-16H2,1-2H3,(H,26,30)/b11-10-/t19-,21-,22+,23+/m1/s1. The Labute approximate surface area is 183 Å². The fourth-order valence-electron chi connectivity index (χ4n) is 5.27. The summed E-state index contributed by atoms with van der Waals surface area (Å²) >= 11 is 0. The number of hydrogen-bond acceptors (Lipinski definition) is 4. The molecule has 4 atom stereocenters. The second-order valence-corrected chi connectivity index (χ2v) is 8.39. The number of aliphatic hydroxyl groups excluding tert-OH is 1. The fourth-order valence-corrected chi connectivity index (χ4v) is 5.27. The van der Waals surface area contributed by atoms with E-state index in [0.717, 1.165) is 24.2 Å². The predicted molar refractivity (Wildman–Crippen MR) is 122 cm³/mol. The molecule has 2 aliphatic rings. The summed E-state index contributed by atoms with van der Waals surface area (Å²) in [5, 5.41) is 13.1. The van der Waals surface area contributed by atoms with E-state index in [0.29, 0.717) is 18.7 Å². The molecule has 164 valence electrons. The molecule has 1 amide bonds. The van der Waals surface area contributed by atoms with E-state index in [1.807, 2.05) is 66.1 Å². The van der Waals surface area contributed by atoms with Crippen molar-refractivity contribution < 1.29 is 9.90 Å². The molecular formula is C25H31N3O3.